The molecule has 0 spiro atoms. The van der Waals surface area contributed by atoms with E-state index in [1.807, 2.05) is 37.3 Å². The minimum atomic E-state index is -0.0158. The van der Waals surface area contributed by atoms with E-state index in [-0.39, 0.29) is 11.9 Å². The molecule has 3 aromatic rings. The Morgan fingerprint density at radius 1 is 1.35 bits per heavy atom. The molecule has 0 saturated carbocycles. The quantitative estimate of drug-likeness (QED) is 0.684. The third-order valence-electron chi connectivity index (χ3n) is 4.76. The van der Waals surface area contributed by atoms with E-state index >= 15 is 0 Å². The van der Waals surface area contributed by atoms with Gasteiger partial charge in [-0.1, -0.05) is 29.8 Å². The Hall–Kier alpha value is -1.95. The topological polar surface area (TPSA) is 45.2 Å². The van der Waals surface area contributed by atoms with E-state index in [9.17, 15) is 4.79 Å². The number of rotatable bonds is 4. The van der Waals surface area contributed by atoms with E-state index < -0.39 is 0 Å². The van der Waals surface area contributed by atoms with Gasteiger partial charge >= 0.3 is 0 Å². The Balaban J connectivity index is 1.46. The predicted octanol–water partition coefficient (Wildman–Crippen LogP) is 5.03. The highest BCUT2D eigenvalue weighted by molar-refractivity contribution is 7.18. The zero-order valence-electron chi connectivity index (χ0n) is 14.5. The standard InChI is InChI=1S/C20H20ClN3OS/c1-13-8-9-14(11-15(13)21)22-19(25)12-24-10-4-6-17(24)20-23-16-5-2-3-7-18(16)26-20/h2-3,5,7-9,11,17H,4,6,10,12H2,1H3,(H,22,25)/t17-/m0/s1. The average Bonchev–Trinajstić information content (AvgIpc) is 3.24. The smallest absolute Gasteiger partial charge is 0.238 e. The summed E-state index contributed by atoms with van der Waals surface area (Å²) in [5.41, 5.74) is 2.78. The van der Waals surface area contributed by atoms with Crippen LogP contribution in [0.25, 0.3) is 10.2 Å². The molecular formula is C20H20ClN3OS. The van der Waals surface area contributed by atoms with Crippen LogP contribution < -0.4 is 5.32 Å². The van der Waals surface area contributed by atoms with Gasteiger partial charge in [0.15, 0.2) is 0 Å². The number of halogens is 1. The first-order valence-electron chi connectivity index (χ1n) is 8.76. The summed E-state index contributed by atoms with van der Waals surface area (Å²) in [6.07, 6.45) is 2.13. The maximum absolute atomic E-state index is 12.5. The zero-order chi connectivity index (χ0) is 18.1. The highest BCUT2D eigenvalue weighted by Crippen LogP contribution is 2.36. The number of carbonyl (C=O) groups is 1. The van der Waals surface area contributed by atoms with Gasteiger partial charge < -0.3 is 5.32 Å². The Kier molecular flexibility index (Phi) is 4.94. The van der Waals surface area contributed by atoms with E-state index in [2.05, 4.69) is 16.3 Å². The van der Waals surface area contributed by atoms with Gasteiger partial charge in [-0.05, 0) is 56.1 Å². The fraction of sp³-hybridized carbons (Fsp3) is 0.300. The normalized spacial score (nSPS) is 17.7. The van der Waals surface area contributed by atoms with Gasteiger partial charge in [0.25, 0.3) is 0 Å². The molecule has 4 rings (SSSR count). The van der Waals surface area contributed by atoms with Crippen molar-refractivity contribution in [2.45, 2.75) is 25.8 Å². The van der Waals surface area contributed by atoms with Crippen molar-refractivity contribution in [3.8, 4) is 0 Å². The number of para-hydroxylation sites is 1. The number of hydrogen-bond acceptors (Lipinski definition) is 4. The van der Waals surface area contributed by atoms with Crippen LogP contribution >= 0.6 is 22.9 Å². The fourth-order valence-corrected chi connectivity index (χ4v) is 4.70. The van der Waals surface area contributed by atoms with Crippen molar-refractivity contribution in [1.82, 2.24) is 9.88 Å². The van der Waals surface area contributed by atoms with Crippen LogP contribution in [0.3, 0.4) is 0 Å². The van der Waals surface area contributed by atoms with E-state index in [4.69, 9.17) is 16.6 Å². The van der Waals surface area contributed by atoms with Crippen LogP contribution in [0, 0.1) is 6.92 Å². The zero-order valence-corrected chi connectivity index (χ0v) is 16.1. The molecule has 1 aromatic heterocycles. The van der Waals surface area contributed by atoms with Crippen molar-refractivity contribution in [1.29, 1.82) is 0 Å². The molecule has 1 fully saturated rings. The molecule has 2 aromatic carbocycles. The number of aryl methyl sites for hydroxylation is 1. The molecule has 0 aliphatic carbocycles. The molecule has 1 aliphatic rings. The largest absolute Gasteiger partial charge is 0.325 e. The molecule has 1 saturated heterocycles. The molecule has 6 heteroatoms. The second-order valence-electron chi connectivity index (χ2n) is 6.66. The molecule has 0 radical (unpaired) electrons. The van der Waals surface area contributed by atoms with E-state index in [1.54, 1.807) is 17.4 Å². The van der Waals surface area contributed by atoms with Crippen molar-refractivity contribution in [3.63, 3.8) is 0 Å². The lowest BCUT2D eigenvalue weighted by Gasteiger charge is -2.22. The fourth-order valence-electron chi connectivity index (χ4n) is 3.38. The average molecular weight is 386 g/mol. The number of amides is 1. The van der Waals surface area contributed by atoms with Gasteiger partial charge in [-0.15, -0.1) is 11.3 Å². The number of anilines is 1. The lowest BCUT2D eigenvalue weighted by Crippen LogP contribution is -2.32. The molecular weight excluding hydrogens is 366 g/mol. The third-order valence-corrected chi connectivity index (χ3v) is 6.31. The van der Waals surface area contributed by atoms with Crippen LogP contribution in [0.1, 0.15) is 29.5 Å². The van der Waals surface area contributed by atoms with E-state index in [0.717, 1.165) is 41.2 Å². The molecule has 0 bridgehead atoms. The summed E-state index contributed by atoms with van der Waals surface area (Å²) in [7, 11) is 0. The molecule has 1 atom stereocenters. The summed E-state index contributed by atoms with van der Waals surface area (Å²) in [6.45, 7) is 3.23. The van der Waals surface area contributed by atoms with Gasteiger partial charge in [-0.25, -0.2) is 4.98 Å². The molecule has 26 heavy (non-hydrogen) atoms. The molecule has 0 unspecified atom stereocenters. The molecule has 4 nitrogen and oxygen atoms in total. The number of fused-ring (bicyclic) bond motifs is 1. The van der Waals surface area contributed by atoms with Gasteiger partial charge in [-0.3, -0.25) is 9.69 Å². The van der Waals surface area contributed by atoms with E-state index in [0.29, 0.717) is 11.6 Å². The molecule has 2 heterocycles. The Morgan fingerprint density at radius 3 is 3.00 bits per heavy atom. The van der Waals surface area contributed by atoms with Gasteiger partial charge in [0.05, 0.1) is 22.8 Å². The van der Waals surface area contributed by atoms with Crippen LogP contribution in [-0.2, 0) is 4.79 Å². The molecule has 1 N–H and O–H groups in total. The number of likely N-dealkylation sites (tertiary alicyclic amines) is 1. The van der Waals surface area contributed by atoms with Crippen LogP contribution in [-0.4, -0.2) is 28.9 Å². The third kappa shape index (κ3) is 3.61. The van der Waals surface area contributed by atoms with Gasteiger partial charge in [0.2, 0.25) is 5.91 Å². The minimum absolute atomic E-state index is 0.0158. The van der Waals surface area contributed by atoms with E-state index in [1.165, 1.54) is 4.70 Å². The highest BCUT2D eigenvalue weighted by Gasteiger charge is 2.30. The second-order valence-corrected chi connectivity index (χ2v) is 8.13. The summed E-state index contributed by atoms with van der Waals surface area (Å²) in [6, 6.07) is 14.0. The SMILES string of the molecule is Cc1ccc(NC(=O)CN2CCC[C@H]2c2nc3ccccc3s2)cc1Cl. The predicted molar refractivity (Wildman–Crippen MR) is 108 cm³/mol. The summed E-state index contributed by atoms with van der Waals surface area (Å²) >= 11 is 7.87. The summed E-state index contributed by atoms with van der Waals surface area (Å²) in [5.74, 6) is -0.0158. The molecule has 1 aliphatic heterocycles. The van der Waals surface area contributed by atoms with Crippen molar-refractivity contribution in [2.24, 2.45) is 0 Å². The lowest BCUT2D eigenvalue weighted by atomic mass is 10.2. The van der Waals surface area contributed by atoms with Crippen molar-refractivity contribution in [2.75, 3.05) is 18.4 Å². The van der Waals surface area contributed by atoms with Crippen molar-refractivity contribution >= 4 is 44.7 Å². The number of aromatic nitrogens is 1. The Morgan fingerprint density at radius 2 is 2.19 bits per heavy atom. The Bertz CT molecular complexity index is 922. The second kappa shape index (κ2) is 7.35. The first kappa shape index (κ1) is 17.5. The first-order valence-corrected chi connectivity index (χ1v) is 9.95. The number of nitrogens with zero attached hydrogens (tertiary/aromatic N) is 2. The van der Waals surface area contributed by atoms with Crippen LogP contribution in [0.5, 0.6) is 0 Å². The highest BCUT2D eigenvalue weighted by atomic mass is 35.5. The minimum Gasteiger partial charge on any atom is -0.325 e. The Labute approximate surface area is 161 Å². The number of carbonyl (C=O) groups excluding carboxylic acids is 1. The number of hydrogen-bond donors (Lipinski definition) is 1. The van der Waals surface area contributed by atoms with Gasteiger partial charge in [0, 0.05) is 10.7 Å². The maximum atomic E-state index is 12.5. The van der Waals surface area contributed by atoms with Crippen LogP contribution in [0.2, 0.25) is 5.02 Å². The van der Waals surface area contributed by atoms with Gasteiger partial charge in [-0.2, -0.15) is 0 Å². The van der Waals surface area contributed by atoms with Crippen molar-refractivity contribution in [3.05, 3.63) is 58.1 Å². The van der Waals surface area contributed by atoms with Crippen LogP contribution in [0.15, 0.2) is 42.5 Å². The monoisotopic (exact) mass is 385 g/mol. The van der Waals surface area contributed by atoms with Crippen molar-refractivity contribution < 1.29 is 4.79 Å². The molecule has 134 valence electrons. The summed E-state index contributed by atoms with van der Waals surface area (Å²) in [4.78, 5) is 19.5. The van der Waals surface area contributed by atoms with Gasteiger partial charge in [0.1, 0.15) is 5.01 Å². The lowest BCUT2D eigenvalue weighted by molar-refractivity contribution is -0.117. The number of benzene rings is 2. The maximum Gasteiger partial charge on any atom is 0.238 e. The summed E-state index contributed by atoms with van der Waals surface area (Å²) < 4.78 is 1.20. The number of nitrogens with one attached hydrogen (secondary N) is 1. The first-order chi connectivity index (χ1) is 12.6. The molecule has 1 amide bonds. The number of thiazole rings is 1. The van der Waals surface area contributed by atoms with Crippen LogP contribution in [0.4, 0.5) is 5.69 Å². The summed E-state index contributed by atoms with van der Waals surface area (Å²) in [5, 5.41) is 4.72.